The molecule has 0 saturated heterocycles. The lowest BCUT2D eigenvalue weighted by Crippen LogP contribution is -2.33. The molecule has 422 valence electrons. The summed E-state index contributed by atoms with van der Waals surface area (Å²) >= 11 is 0. The van der Waals surface area contributed by atoms with Crippen LogP contribution in [0.15, 0.2) is 36.5 Å². The zero-order valence-electron chi connectivity index (χ0n) is 48.4. The van der Waals surface area contributed by atoms with Gasteiger partial charge < -0.3 is 28.9 Å². The van der Waals surface area contributed by atoms with Crippen molar-refractivity contribution in [2.75, 3.05) is 79.7 Å². The lowest BCUT2D eigenvalue weighted by molar-refractivity contribution is -0.143. The minimum Gasteiger partial charge on any atom is -0.461 e. The van der Waals surface area contributed by atoms with E-state index in [4.69, 9.17) is 14.2 Å². The molecule has 0 aliphatic rings. The molecule has 0 spiro atoms. The van der Waals surface area contributed by atoms with Gasteiger partial charge >= 0.3 is 17.9 Å². The predicted molar refractivity (Wildman–Crippen MR) is 309 cm³/mol. The van der Waals surface area contributed by atoms with Gasteiger partial charge in [0.05, 0.1) is 0 Å². The molecule has 9 nitrogen and oxygen atoms in total. The van der Waals surface area contributed by atoms with Crippen molar-refractivity contribution in [3.05, 3.63) is 36.5 Å². The lowest BCUT2D eigenvalue weighted by Gasteiger charge is -2.26. The third-order valence-electron chi connectivity index (χ3n) is 13.8. The van der Waals surface area contributed by atoms with Crippen molar-refractivity contribution in [3.8, 4) is 0 Å². The lowest BCUT2D eigenvalue weighted by atomic mass is 10.1. The van der Waals surface area contributed by atoms with E-state index in [-0.39, 0.29) is 17.9 Å². The normalized spacial score (nSPS) is 12.0. The number of allylic oxidation sites excluding steroid dienone is 3. The number of carbonyl (C=O) groups excluding carboxylic acids is 3. The molecule has 0 bridgehead atoms. The Labute approximate surface area is 446 Å². The Kier molecular flexibility index (Phi) is 55.8. The number of esters is 3. The Hall–Kier alpha value is -2.49. The molecule has 0 aliphatic heterocycles. The van der Waals surface area contributed by atoms with E-state index in [0.717, 1.165) is 84.0 Å². The highest BCUT2D eigenvalue weighted by Gasteiger charge is 2.10. The molecule has 0 aromatic heterocycles. The second kappa shape index (κ2) is 57.8. The van der Waals surface area contributed by atoms with Gasteiger partial charge in [-0.3, -0.25) is 14.4 Å². The number of carbonyl (C=O) groups is 3. The summed E-state index contributed by atoms with van der Waals surface area (Å²) < 4.78 is 16.3. The molecule has 0 radical (unpaired) electrons. The van der Waals surface area contributed by atoms with Crippen LogP contribution in [0.5, 0.6) is 0 Å². The summed E-state index contributed by atoms with van der Waals surface area (Å²) in [6.07, 6.45) is 57.1. The third kappa shape index (κ3) is 55.3. The number of unbranched alkanes of at least 4 members (excludes halogenated alkanes) is 28. The SMILES string of the molecule is CCCCCC/C=C\COC(=O)CCCCCCCCN(CCCCCCCCC(=O)OC/C=C\CCCCCCC)CCCN(CCCCCCCCC(=O)OC/C=C\CCCCCC)CCCN(C)C. The van der Waals surface area contributed by atoms with E-state index in [1.165, 1.54) is 193 Å². The van der Waals surface area contributed by atoms with Gasteiger partial charge in [-0.05, 0) is 150 Å². The van der Waals surface area contributed by atoms with E-state index in [1.807, 2.05) is 18.2 Å². The van der Waals surface area contributed by atoms with Crippen LogP contribution in [-0.2, 0) is 28.6 Å². The molecule has 0 N–H and O–H groups in total. The summed E-state index contributed by atoms with van der Waals surface area (Å²) in [5.74, 6) is -0.179. The summed E-state index contributed by atoms with van der Waals surface area (Å²) in [4.78, 5) is 44.4. The summed E-state index contributed by atoms with van der Waals surface area (Å²) in [5, 5.41) is 0. The summed E-state index contributed by atoms with van der Waals surface area (Å²) in [7, 11) is 4.35. The monoisotopic (exact) mass is 1010 g/mol. The summed E-state index contributed by atoms with van der Waals surface area (Å²) in [6, 6.07) is 0. The van der Waals surface area contributed by atoms with Gasteiger partial charge in [0.25, 0.3) is 0 Å². The highest BCUT2D eigenvalue weighted by Crippen LogP contribution is 2.14. The fourth-order valence-corrected chi connectivity index (χ4v) is 9.18. The number of nitrogens with zero attached hydrogens (tertiary/aromatic N) is 3. The van der Waals surface area contributed by atoms with Crippen LogP contribution in [0.1, 0.15) is 271 Å². The molecule has 0 aromatic carbocycles. The first kappa shape index (κ1) is 69.5. The predicted octanol–water partition coefficient (Wildman–Crippen LogP) is 16.7. The van der Waals surface area contributed by atoms with Gasteiger partial charge in [0.2, 0.25) is 0 Å². The van der Waals surface area contributed by atoms with Crippen LogP contribution in [0, 0.1) is 0 Å². The number of rotatable bonds is 57. The minimum atomic E-state index is -0.0609. The van der Waals surface area contributed by atoms with E-state index in [9.17, 15) is 14.4 Å². The smallest absolute Gasteiger partial charge is 0.306 e. The molecule has 0 heterocycles. The minimum absolute atomic E-state index is 0.0584. The molecule has 0 aliphatic carbocycles. The van der Waals surface area contributed by atoms with Crippen molar-refractivity contribution in [1.29, 1.82) is 0 Å². The van der Waals surface area contributed by atoms with Gasteiger partial charge in [-0.1, -0.05) is 198 Å². The molecule has 72 heavy (non-hydrogen) atoms. The van der Waals surface area contributed by atoms with E-state index < -0.39 is 0 Å². The van der Waals surface area contributed by atoms with E-state index >= 15 is 0 Å². The molecule has 0 aromatic rings. The third-order valence-corrected chi connectivity index (χ3v) is 13.8. The van der Waals surface area contributed by atoms with Crippen molar-refractivity contribution in [1.82, 2.24) is 14.7 Å². The Morgan fingerprint density at radius 1 is 0.292 bits per heavy atom. The first-order valence-corrected chi connectivity index (χ1v) is 30.8. The largest absolute Gasteiger partial charge is 0.461 e. The van der Waals surface area contributed by atoms with E-state index in [0.29, 0.717) is 39.1 Å². The Morgan fingerprint density at radius 2 is 0.542 bits per heavy atom. The quantitative estimate of drug-likeness (QED) is 0.0256. The fourth-order valence-electron chi connectivity index (χ4n) is 9.18. The molecular weight excluding hydrogens is 895 g/mol. The van der Waals surface area contributed by atoms with Crippen LogP contribution in [0.4, 0.5) is 0 Å². The van der Waals surface area contributed by atoms with Crippen molar-refractivity contribution < 1.29 is 28.6 Å². The average Bonchev–Trinajstić information content (AvgIpc) is 3.36. The van der Waals surface area contributed by atoms with Gasteiger partial charge in [-0.2, -0.15) is 0 Å². The van der Waals surface area contributed by atoms with Gasteiger partial charge in [0, 0.05) is 19.3 Å². The molecule has 9 heteroatoms. The molecular formula is C63H119N3O6. The van der Waals surface area contributed by atoms with Crippen LogP contribution in [-0.4, -0.2) is 112 Å². The molecule has 0 amide bonds. The second-order valence-electron chi connectivity index (χ2n) is 21.2. The van der Waals surface area contributed by atoms with Crippen molar-refractivity contribution in [3.63, 3.8) is 0 Å². The summed E-state index contributed by atoms with van der Waals surface area (Å²) in [6.45, 7) is 16.1. The molecule has 0 atom stereocenters. The van der Waals surface area contributed by atoms with Crippen molar-refractivity contribution >= 4 is 17.9 Å². The topological polar surface area (TPSA) is 88.6 Å². The Bertz CT molecular complexity index is 1250. The van der Waals surface area contributed by atoms with Gasteiger partial charge in [-0.25, -0.2) is 0 Å². The van der Waals surface area contributed by atoms with Crippen LogP contribution in [0.25, 0.3) is 0 Å². The fraction of sp³-hybridized carbons (Fsp3) is 0.857. The standard InChI is InChI=1S/C63H119N3O6/c1-6-9-12-15-18-27-36-45-60-72-63(69)50-38-29-20-23-32-41-53-65(52-40-31-22-19-28-37-48-61(67)70-58-43-34-25-16-13-10-7-2)56-47-57-66(55-46-51-64(4)5)54-42-33-24-21-30-39-49-62(68)71-59-44-35-26-17-14-11-8-3/h34-36,43-45H,6-33,37-42,46-60H2,1-5H3/b43-34-,44-35-,45-36-. The second-order valence-corrected chi connectivity index (χ2v) is 21.2. The maximum absolute atomic E-state index is 12.2. The van der Waals surface area contributed by atoms with Crippen LogP contribution >= 0.6 is 0 Å². The van der Waals surface area contributed by atoms with Crippen molar-refractivity contribution in [2.24, 2.45) is 0 Å². The maximum atomic E-state index is 12.2. The van der Waals surface area contributed by atoms with Crippen LogP contribution in [0.3, 0.4) is 0 Å². The highest BCUT2D eigenvalue weighted by atomic mass is 16.5. The van der Waals surface area contributed by atoms with Crippen LogP contribution < -0.4 is 0 Å². The Balaban J connectivity index is 4.70. The van der Waals surface area contributed by atoms with E-state index in [2.05, 4.69) is 67.8 Å². The first-order chi connectivity index (χ1) is 35.3. The van der Waals surface area contributed by atoms with Gasteiger partial charge in [-0.15, -0.1) is 0 Å². The number of ether oxygens (including phenoxy) is 3. The number of hydrogen-bond donors (Lipinski definition) is 0. The molecule has 0 rings (SSSR count). The first-order valence-electron chi connectivity index (χ1n) is 30.8. The van der Waals surface area contributed by atoms with Gasteiger partial charge in [0.1, 0.15) is 19.8 Å². The van der Waals surface area contributed by atoms with Gasteiger partial charge in [0.15, 0.2) is 0 Å². The van der Waals surface area contributed by atoms with E-state index in [1.54, 1.807) is 0 Å². The summed E-state index contributed by atoms with van der Waals surface area (Å²) in [5.41, 5.74) is 0. The average molecular weight is 1010 g/mol. The number of hydrogen-bond acceptors (Lipinski definition) is 9. The maximum Gasteiger partial charge on any atom is 0.306 e. The Morgan fingerprint density at radius 3 is 0.861 bits per heavy atom. The zero-order chi connectivity index (χ0) is 52.5. The zero-order valence-corrected chi connectivity index (χ0v) is 48.4. The van der Waals surface area contributed by atoms with Crippen molar-refractivity contribution in [2.45, 2.75) is 271 Å². The van der Waals surface area contributed by atoms with Crippen LogP contribution in [0.2, 0.25) is 0 Å². The molecule has 0 unspecified atom stereocenters. The highest BCUT2D eigenvalue weighted by molar-refractivity contribution is 5.70. The molecule has 0 fully saturated rings. The molecule has 0 saturated carbocycles.